The molecule has 7 rings (SSSR count). The number of ether oxygens (including phenoxy) is 1. The van der Waals surface area contributed by atoms with Gasteiger partial charge in [0.05, 0.1) is 11.0 Å². The van der Waals surface area contributed by atoms with Crippen molar-refractivity contribution in [3.05, 3.63) is 34.9 Å². The summed E-state index contributed by atoms with van der Waals surface area (Å²) in [6, 6.07) is 3.78. The van der Waals surface area contributed by atoms with Crippen molar-refractivity contribution in [2.75, 3.05) is 32.8 Å². The number of rotatable bonds is 4. The van der Waals surface area contributed by atoms with Crippen molar-refractivity contribution in [2.45, 2.75) is 74.5 Å². The third-order valence-corrected chi connectivity index (χ3v) is 10.0. The van der Waals surface area contributed by atoms with Gasteiger partial charge in [0.25, 0.3) is 0 Å². The summed E-state index contributed by atoms with van der Waals surface area (Å²) >= 11 is 0. The normalized spacial score (nSPS) is 38.9. The number of carbonyl (C=O) groups excluding carboxylic acids is 1. The van der Waals surface area contributed by atoms with Crippen LogP contribution in [0, 0.1) is 11.8 Å². The smallest absolute Gasteiger partial charge is 0.246 e. The van der Waals surface area contributed by atoms with E-state index in [-0.39, 0.29) is 30.2 Å². The Bertz CT molecular complexity index is 1100. The number of hydrogen-bond donors (Lipinski definition) is 3. The van der Waals surface area contributed by atoms with E-state index in [1.54, 1.807) is 12.1 Å². The average molecular weight is 481 g/mol. The Morgan fingerprint density at radius 1 is 1.17 bits per heavy atom. The van der Waals surface area contributed by atoms with Crippen molar-refractivity contribution >= 4 is 5.91 Å². The van der Waals surface area contributed by atoms with E-state index in [1.165, 1.54) is 18.4 Å². The van der Waals surface area contributed by atoms with Crippen LogP contribution in [0.5, 0.6) is 11.5 Å². The summed E-state index contributed by atoms with van der Waals surface area (Å²) in [5.41, 5.74) is 1.53. The predicted octanol–water partition coefficient (Wildman–Crippen LogP) is 2.11. The molecule has 7 nitrogen and oxygen atoms in total. The zero-order valence-corrected chi connectivity index (χ0v) is 20.3. The average Bonchev–Trinajstić information content (AvgIpc) is 3.61. The van der Waals surface area contributed by atoms with Crippen LogP contribution < -0.4 is 4.74 Å². The van der Waals surface area contributed by atoms with Gasteiger partial charge in [-0.2, -0.15) is 0 Å². The van der Waals surface area contributed by atoms with E-state index in [4.69, 9.17) is 4.74 Å². The Hall–Kier alpha value is -2.09. The van der Waals surface area contributed by atoms with Crippen LogP contribution >= 0.6 is 0 Å². The van der Waals surface area contributed by atoms with Gasteiger partial charge in [-0.25, -0.2) is 0 Å². The Kier molecular flexibility index (Phi) is 4.87. The number of nitrogens with zero attached hydrogens (tertiary/aromatic N) is 2. The summed E-state index contributed by atoms with van der Waals surface area (Å²) in [4.78, 5) is 17.7. The highest BCUT2D eigenvalue weighted by molar-refractivity contribution is 5.89. The highest BCUT2D eigenvalue weighted by Gasteiger charge is 2.72. The van der Waals surface area contributed by atoms with E-state index in [0.29, 0.717) is 31.7 Å². The summed E-state index contributed by atoms with van der Waals surface area (Å²) in [5, 5.41) is 32.9. The van der Waals surface area contributed by atoms with Gasteiger partial charge in [-0.05, 0) is 87.0 Å². The number of phenolic OH excluding ortho intramolecular Hbond substituents is 1. The summed E-state index contributed by atoms with van der Waals surface area (Å²) < 4.78 is 6.54. The van der Waals surface area contributed by atoms with Crippen molar-refractivity contribution in [1.82, 2.24) is 9.80 Å². The number of benzene rings is 1. The summed E-state index contributed by atoms with van der Waals surface area (Å²) in [6.07, 6.45) is 8.51. The molecule has 1 aromatic carbocycles. The molecule has 35 heavy (non-hydrogen) atoms. The Balaban J connectivity index is 1.29. The quantitative estimate of drug-likeness (QED) is 0.572. The minimum absolute atomic E-state index is 0.0254. The van der Waals surface area contributed by atoms with Crippen molar-refractivity contribution in [1.29, 1.82) is 0 Å². The van der Waals surface area contributed by atoms with E-state index in [9.17, 15) is 20.1 Å². The first-order valence-corrected chi connectivity index (χ1v) is 13.5. The molecule has 1 amide bonds. The van der Waals surface area contributed by atoms with Crippen LogP contribution in [0.1, 0.15) is 56.1 Å². The molecule has 7 heteroatoms. The highest BCUT2D eigenvalue weighted by Crippen LogP contribution is 2.66. The minimum atomic E-state index is -0.940. The lowest BCUT2D eigenvalue weighted by Gasteiger charge is -2.63. The van der Waals surface area contributed by atoms with E-state index < -0.39 is 17.1 Å². The molecule has 3 heterocycles. The predicted molar refractivity (Wildman–Crippen MR) is 129 cm³/mol. The number of carbonyl (C=O) groups is 1. The molecule has 5 atom stereocenters. The molecule has 3 aliphatic carbocycles. The fourth-order valence-corrected chi connectivity index (χ4v) is 8.15. The Morgan fingerprint density at radius 3 is 2.83 bits per heavy atom. The molecule has 2 saturated carbocycles. The molecule has 1 unspecified atom stereocenters. The molecule has 0 radical (unpaired) electrons. The van der Waals surface area contributed by atoms with Crippen LogP contribution in [0.2, 0.25) is 0 Å². The maximum Gasteiger partial charge on any atom is 0.246 e. The lowest BCUT2D eigenvalue weighted by Crippen LogP contribution is -2.75. The second-order valence-electron chi connectivity index (χ2n) is 11.9. The van der Waals surface area contributed by atoms with Crippen molar-refractivity contribution < 1.29 is 24.9 Å². The topological polar surface area (TPSA) is 93.5 Å². The fraction of sp³-hybridized carbons (Fsp3) is 0.679. The SMILES string of the molecule is O=C(/C=C1\CC[C@@]2(O)[C@H]3Cc4ccc(O)c5c4[C@@]2(CCN3CC2CC2)[C@H]1O5)N1CCCC(CO)C1. The van der Waals surface area contributed by atoms with E-state index in [2.05, 4.69) is 4.90 Å². The number of aliphatic hydroxyl groups excluding tert-OH is 1. The highest BCUT2D eigenvalue weighted by atomic mass is 16.5. The van der Waals surface area contributed by atoms with Crippen molar-refractivity contribution in [3.8, 4) is 11.5 Å². The van der Waals surface area contributed by atoms with E-state index in [1.807, 2.05) is 11.0 Å². The maximum absolute atomic E-state index is 13.3. The Morgan fingerprint density at radius 2 is 2.03 bits per heavy atom. The monoisotopic (exact) mass is 480 g/mol. The van der Waals surface area contributed by atoms with Gasteiger partial charge in [0.15, 0.2) is 11.5 Å². The first kappa shape index (κ1) is 22.1. The van der Waals surface area contributed by atoms with Gasteiger partial charge in [0.2, 0.25) is 5.91 Å². The number of phenols is 1. The Labute approximate surface area is 206 Å². The van der Waals surface area contributed by atoms with Gasteiger partial charge in [-0.15, -0.1) is 0 Å². The molecule has 0 aromatic heterocycles. The minimum Gasteiger partial charge on any atom is -0.504 e. The van der Waals surface area contributed by atoms with Gasteiger partial charge in [-0.3, -0.25) is 9.69 Å². The molecule has 188 valence electrons. The molecule has 3 aliphatic heterocycles. The third-order valence-electron chi connectivity index (χ3n) is 10.0. The first-order valence-electron chi connectivity index (χ1n) is 13.5. The fourth-order valence-electron chi connectivity index (χ4n) is 8.15. The lowest BCUT2D eigenvalue weighted by atomic mass is 9.48. The molecular weight excluding hydrogens is 444 g/mol. The first-order chi connectivity index (χ1) is 16.9. The van der Waals surface area contributed by atoms with Crippen LogP contribution in [0.15, 0.2) is 23.8 Å². The molecule has 3 N–H and O–H groups in total. The number of amides is 1. The van der Waals surface area contributed by atoms with Crippen LogP contribution in [0.4, 0.5) is 0 Å². The van der Waals surface area contributed by atoms with Crippen LogP contribution in [0.3, 0.4) is 0 Å². The standard InChI is InChI=1S/C28H36N2O5/c31-16-18-2-1-10-30(15-18)23(33)13-20-7-8-28(34)22-12-19-5-6-21(32)25-24(19)27(28,26(20)35-25)9-11-29(22)14-17-3-4-17/h5-6,13,17-18,22,26,31-32,34H,1-4,7-12,14-16H2/b20-13+/t18?,22-,26+,27+,28-/m1/s1. The second kappa shape index (κ2) is 7.70. The molecule has 2 bridgehead atoms. The number of aromatic hydroxyl groups is 1. The van der Waals surface area contributed by atoms with Crippen LogP contribution in [-0.4, -0.2) is 81.6 Å². The molecule has 6 aliphatic rings. The zero-order chi connectivity index (χ0) is 23.9. The molecular formula is C28H36N2O5. The zero-order valence-electron chi connectivity index (χ0n) is 20.3. The molecule has 1 spiro atoms. The van der Waals surface area contributed by atoms with Crippen LogP contribution in [0.25, 0.3) is 0 Å². The van der Waals surface area contributed by atoms with Gasteiger partial charge in [0.1, 0.15) is 6.10 Å². The van der Waals surface area contributed by atoms with Gasteiger partial charge in [-0.1, -0.05) is 6.07 Å². The lowest BCUT2D eigenvalue weighted by molar-refractivity contribution is -0.174. The van der Waals surface area contributed by atoms with E-state index >= 15 is 0 Å². The largest absolute Gasteiger partial charge is 0.504 e. The van der Waals surface area contributed by atoms with Crippen LogP contribution in [-0.2, 0) is 16.6 Å². The van der Waals surface area contributed by atoms with Crippen molar-refractivity contribution in [2.24, 2.45) is 11.8 Å². The summed E-state index contributed by atoms with van der Waals surface area (Å²) in [6.45, 7) is 3.37. The maximum atomic E-state index is 13.3. The van der Waals surface area contributed by atoms with Gasteiger partial charge >= 0.3 is 0 Å². The van der Waals surface area contributed by atoms with E-state index in [0.717, 1.165) is 55.8 Å². The second-order valence-corrected chi connectivity index (χ2v) is 11.9. The molecule has 1 aromatic rings. The number of piperidine rings is 2. The number of likely N-dealkylation sites (tertiary alicyclic amines) is 2. The molecule has 4 fully saturated rings. The van der Waals surface area contributed by atoms with Gasteiger partial charge in [0, 0.05) is 43.9 Å². The van der Waals surface area contributed by atoms with Gasteiger partial charge < -0.3 is 25.0 Å². The summed E-state index contributed by atoms with van der Waals surface area (Å²) in [7, 11) is 0. The van der Waals surface area contributed by atoms with Crippen molar-refractivity contribution in [3.63, 3.8) is 0 Å². The molecule has 2 saturated heterocycles. The summed E-state index contributed by atoms with van der Waals surface area (Å²) in [5.74, 6) is 1.51. The number of aliphatic hydroxyl groups is 2. The third kappa shape index (κ3) is 3.04. The number of hydrogen-bond acceptors (Lipinski definition) is 6.